The van der Waals surface area contributed by atoms with Crippen molar-refractivity contribution >= 4 is 28.8 Å². The van der Waals surface area contributed by atoms with Crippen molar-refractivity contribution in [3.05, 3.63) is 60.7 Å². The fourth-order valence-corrected chi connectivity index (χ4v) is 7.72. The standard InChI is InChI=1S/C20H28O2Si.CH4O3S/c1-17(21)15-16-22-23(20(2,3)4,18-11-7-5-8-12-18)19-13-9-6-10-14-19;1-5(2,3)4/h5-14,17,21H,15-16H2,1-4H3;1H3,(H,2,3,4). The van der Waals surface area contributed by atoms with E-state index >= 15 is 0 Å². The lowest BCUT2D eigenvalue weighted by Crippen LogP contribution is -2.66. The van der Waals surface area contributed by atoms with Gasteiger partial charge in [-0.15, -0.1) is 0 Å². The molecular weight excluding hydrogens is 392 g/mol. The molecule has 0 aromatic heterocycles. The van der Waals surface area contributed by atoms with Gasteiger partial charge in [0, 0.05) is 6.61 Å². The van der Waals surface area contributed by atoms with E-state index in [1.165, 1.54) is 10.4 Å². The summed E-state index contributed by atoms with van der Waals surface area (Å²) in [5, 5.41) is 12.2. The van der Waals surface area contributed by atoms with Gasteiger partial charge in [-0.25, -0.2) is 0 Å². The summed E-state index contributed by atoms with van der Waals surface area (Å²) in [6, 6.07) is 21.2. The third-order valence-electron chi connectivity index (χ3n) is 4.27. The predicted molar refractivity (Wildman–Crippen MR) is 117 cm³/mol. The molecule has 0 aliphatic rings. The molecule has 28 heavy (non-hydrogen) atoms. The first-order valence-corrected chi connectivity index (χ1v) is 13.0. The van der Waals surface area contributed by atoms with Crippen LogP contribution in [0.5, 0.6) is 0 Å². The molecule has 0 aliphatic heterocycles. The van der Waals surface area contributed by atoms with Gasteiger partial charge in [0.25, 0.3) is 18.4 Å². The highest BCUT2D eigenvalue weighted by Gasteiger charge is 2.49. The summed E-state index contributed by atoms with van der Waals surface area (Å²) in [5.74, 6) is 0. The second-order valence-electron chi connectivity index (χ2n) is 7.88. The maximum absolute atomic E-state index is 9.63. The summed E-state index contributed by atoms with van der Waals surface area (Å²) in [5.41, 5.74) is 0. The van der Waals surface area contributed by atoms with Crippen LogP contribution in [0.15, 0.2) is 60.7 Å². The second-order valence-corrected chi connectivity index (χ2v) is 13.7. The number of aliphatic hydroxyl groups excluding tert-OH is 1. The van der Waals surface area contributed by atoms with Gasteiger partial charge in [-0.3, -0.25) is 4.55 Å². The average Bonchev–Trinajstić information content (AvgIpc) is 2.57. The normalized spacial score (nSPS) is 13.4. The Kier molecular flexibility index (Phi) is 9.04. The van der Waals surface area contributed by atoms with E-state index in [0.29, 0.717) is 19.3 Å². The van der Waals surface area contributed by atoms with Crippen LogP contribution >= 0.6 is 0 Å². The molecule has 156 valence electrons. The molecule has 0 saturated carbocycles. The van der Waals surface area contributed by atoms with Gasteiger partial charge >= 0.3 is 0 Å². The van der Waals surface area contributed by atoms with Gasteiger partial charge in [0.15, 0.2) is 0 Å². The van der Waals surface area contributed by atoms with Crippen molar-refractivity contribution in [3.8, 4) is 0 Å². The van der Waals surface area contributed by atoms with Crippen molar-refractivity contribution in [2.75, 3.05) is 12.9 Å². The molecule has 2 aromatic carbocycles. The van der Waals surface area contributed by atoms with Crippen molar-refractivity contribution < 1.29 is 22.5 Å². The summed E-state index contributed by atoms with van der Waals surface area (Å²) < 4.78 is 32.5. The molecule has 1 unspecified atom stereocenters. The van der Waals surface area contributed by atoms with Gasteiger partial charge in [0.1, 0.15) is 0 Å². The SMILES string of the molecule is CC(O)CCO[Si](c1ccccc1)(c1ccccc1)C(C)(C)C.CS(=O)(=O)O. The summed E-state index contributed by atoms with van der Waals surface area (Å²) in [7, 11) is -6.09. The molecule has 0 fully saturated rings. The minimum atomic E-state index is -3.67. The lowest BCUT2D eigenvalue weighted by molar-refractivity contribution is 0.152. The number of hydrogen-bond donors (Lipinski definition) is 2. The van der Waals surface area contributed by atoms with Crippen molar-refractivity contribution in [2.24, 2.45) is 0 Å². The third-order valence-corrected chi connectivity index (χ3v) is 9.31. The predicted octanol–water partition coefficient (Wildman–Crippen LogP) is 2.84. The van der Waals surface area contributed by atoms with E-state index in [1.54, 1.807) is 0 Å². The first-order chi connectivity index (χ1) is 12.9. The molecule has 2 N–H and O–H groups in total. The molecule has 0 heterocycles. The smallest absolute Gasteiger partial charge is 0.261 e. The Balaban J connectivity index is 0.000000696. The van der Waals surface area contributed by atoms with Gasteiger partial charge in [0.05, 0.1) is 12.4 Å². The zero-order valence-corrected chi connectivity index (χ0v) is 19.1. The highest BCUT2D eigenvalue weighted by molar-refractivity contribution is 7.85. The Bertz CT molecular complexity index is 752. The molecule has 0 amide bonds. The van der Waals surface area contributed by atoms with Crippen molar-refractivity contribution in [1.29, 1.82) is 0 Å². The molecular formula is C21H32O5SSi. The Morgan fingerprint density at radius 1 is 0.964 bits per heavy atom. The van der Waals surface area contributed by atoms with Gasteiger partial charge in [-0.2, -0.15) is 8.42 Å². The number of hydrogen-bond acceptors (Lipinski definition) is 4. The van der Waals surface area contributed by atoms with Crippen LogP contribution in [0, 0.1) is 0 Å². The monoisotopic (exact) mass is 424 g/mol. The maximum Gasteiger partial charge on any atom is 0.261 e. The van der Waals surface area contributed by atoms with E-state index in [2.05, 4.69) is 69.3 Å². The molecule has 0 saturated heterocycles. The van der Waals surface area contributed by atoms with Crippen LogP contribution in [0.3, 0.4) is 0 Å². The van der Waals surface area contributed by atoms with E-state index < -0.39 is 18.4 Å². The van der Waals surface area contributed by atoms with E-state index in [-0.39, 0.29) is 11.1 Å². The third kappa shape index (κ3) is 7.48. The van der Waals surface area contributed by atoms with Gasteiger partial charge < -0.3 is 9.53 Å². The average molecular weight is 425 g/mol. The zero-order valence-electron chi connectivity index (χ0n) is 17.3. The fraction of sp³-hybridized carbons (Fsp3) is 0.429. The largest absolute Gasteiger partial charge is 0.407 e. The van der Waals surface area contributed by atoms with E-state index in [0.717, 1.165) is 0 Å². The minimum Gasteiger partial charge on any atom is -0.407 e. The van der Waals surface area contributed by atoms with E-state index in [4.69, 9.17) is 8.98 Å². The molecule has 5 nitrogen and oxygen atoms in total. The molecule has 7 heteroatoms. The molecule has 2 aromatic rings. The molecule has 0 bridgehead atoms. The molecule has 0 aliphatic carbocycles. The van der Waals surface area contributed by atoms with Crippen LogP contribution < -0.4 is 10.4 Å². The summed E-state index contributed by atoms with van der Waals surface area (Å²) in [6.07, 6.45) is 1.03. The van der Waals surface area contributed by atoms with E-state index in [9.17, 15) is 13.5 Å². The molecule has 1 atom stereocenters. The highest BCUT2D eigenvalue weighted by Crippen LogP contribution is 2.36. The lowest BCUT2D eigenvalue weighted by Gasteiger charge is -2.43. The first-order valence-electron chi connectivity index (χ1n) is 9.23. The Hall–Kier alpha value is -1.51. The van der Waals surface area contributed by atoms with Crippen LogP contribution in [-0.2, 0) is 14.5 Å². The molecule has 0 radical (unpaired) electrons. The zero-order chi connectivity index (χ0) is 21.4. The summed E-state index contributed by atoms with van der Waals surface area (Å²) >= 11 is 0. The second kappa shape index (κ2) is 10.3. The van der Waals surface area contributed by atoms with Gasteiger partial charge in [0.2, 0.25) is 0 Å². The lowest BCUT2D eigenvalue weighted by atomic mass is 10.2. The Labute approximate surface area is 170 Å². The van der Waals surface area contributed by atoms with Crippen molar-refractivity contribution in [3.63, 3.8) is 0 Å². The quantitative estimate of drug-likeness (QED) is 0.550. The Morgan fingerprint density at radius 3 is 1.61 bits per heavy atom. The van der Waals surface area contributed by atoms with E-state index in [1.807, 2.05) is 19.1 Å². The van der Waals surface area contributed by atoms with Crippen LogP contribution in [0.1, 0.15) is 34.1 Å². The van der Waals surface area contributed by atoms with Crippen LogP contribution in [0.2, 0.25) is 5.04 Å². The van der Waals surface area contributed by atoms with Crippen molar-refractivity contribution in [1.82, 2.24) is 0 Å². The fourth-order valence-electron chi connectivity index (χ4n) is 3.14. The van der Waals surface area contributed by atoms with Crippen LogP contribution in [0.4, 0.5) is 0 Å². The topological polar surface area (TPSA) is 83.8 Å². The first kappa shape index (κ1) is 24.5. The molecule has 0 spiro atoms. The van der Waals surface area contributed by atoms with Gasteiger partial charge in [-0.1, -0.05) is 81.4 Å². The van der Waals surface area contributed by atoms with Crippen LogP contribution in [0.25, 0.3) is 0 Å². The molecule has 2 rings (SSSR count). The number of rotatable bonds is 6. The maximum atomic E-state index is 9.63. The number of aliphatic hydroxyl groups is 1. The van der Waals surface area contributed by atoms with Crippen molar-refractivity contribution in [2.45, 2.75) is 45.3 Å². The van der Waals surface area contributed by atoms with Crippen LogP contribution in [-0.4, -0.2) is 45.4 Å². The Morgan fingerprint density at radius 2 is 1.32 bits per heavy atom. The summed E-state index contributed by atoms with van der Waals surface area (Å²) in [6.45, 7) is 9.18. The van der Waals surface area contributed by atoms with Gasteiger partial charge in [-0.05, 0) is 28.8 Å². The number of benzene rings is 2. The summed E-state index contributed by atoms with van der Waals surface area (Å²) in [4.78, 5) is 0. The minimum absolute atomic E-state index is 0.00556. The highest BCUT2D eigenvalue weighted by atomic mass is 32.2.